The predicted octanol–water partition coefficient (Wildman–Crippen LogP) is 2.59. The van der Waals surface area contributed by atoms with Gasteiger partial charge in [0.1, 0.15) is 6.61 Å². The van der Waals surface area contributed by atoms with Gasteiger partial charge in [0.2, 0.25) is 0 Å². The van der Waals surface area contributed by atoms with Crippen LogP contribution in [-0.4, -0.2) is 12.7 Å². The van der Waals surface area contributed by atoms with Crippen molar-refractivity contribution in [1.29, 1.82) is 0 Å². The van der Waals surface area contributed by atoms with Gasteiger partial charge in [-0.05, 0) is 29.7 Å². The lowest BCUT2D eigenvalue weighted by Gasteiger charge is -2.32. The predicted molar refractivity (Wildman–Crippen MR) is 82.2 cm³/mol. The van der Waals surface area contributed by atoms with Crippen molar-refractivity contribution in [1.82, 2.24) is 5.43 Å². The summed E-state index contributed by atoms with van der Waals surface area (Å²) in [5.74, 6) is 7.29. The molecule has 4 heteroatoms. The van der Waals surface area contributed by atoms with Crippen LogP contribution in [0, 0.1) is 0 Å². The van der Waals surface area contributed by atoms with Crippen LogP contribution in [-0.2, 0) is 6.42 Å². The first-order chi connectivity index (χ1) is 10.3. The van der Waals surface area contributed by atoms with Gasteiger partial charge in [0.15, 0.2) is 17.6 Å². The third-order valence-electron chi connectivity index (χ3n) is 3.83. The number of aryl methyl sites for hydroxylation is 1. The third kappa shape index (κ3) is 2.86. The highest BCUT2D eigenvalue weighted by molar-refractivity contribution is 5.41. The number of fused-ring (bicyclic) bond motifs is 1. The Bertz CT molecular complexity index is 598. The maximum absolute atomic E-state index is 6.03. The monoisotopic (exact) mass is 284 g/mol. The van der Waals surface area contributed by atoms with E-state index >= 15 is 0 Å². The summed E-state index contributed by atoms with van der Waals surface area (Å²) in [6, 6.07) is 16.0. The largest absolute Gasteiger partial charge is 0.486 e. The lowest BCUT2D eigenvalue weighted by molar-refractivity contribution is 0.0617. The van der Waals surface area contributed by atoms with Crippen LogP contribution in [0.15, 0.2) is 48.5 Å². The fraction of sp³-hybridized carbons (Fsp3) is 0.294. The van der Waals surface area contributed by atoms with E-state index in [0.29, 0.717) is 6.61 Å². The molecule has 3 N–H and O–H groups in total. The lowest BCUT2D eigenvalue weighted by atomic mass is 9.99. The number of nitrogens with two attached hydrogens (primary N) is 1. The average Bonchev–Trinajstić information content (AvgIpc) is 2.56. The number of rotatable bonds is 4. The van der Waals surface area contributed by atoms with Crippen molar-refractivity contribution >= 4 is 0 Å². The zero-order valence-corrected chi connectivity index (χ0v) is 12.1. The van der Waals surface area contributed by atoms with Gasteiger partial charge in [-0.2, -0.15) is 0 Å². The normalized spacial score (nSPS) is 18.3. The molecular weight excluding hydrogens is 264 g/mol. The second kappa shape index (κ2) is 6.16. The van der Waals surface area contributed by atoms with E-state index in [1.54, 1.807) is 0 Å². The summed E-state index contributed by atoms with van der Waals surface area (Å²) < 4.78 is 11.8. The molecule has 2 atom stereocenters. The molecule has 3 rings (SSSR count). The van der Waals surface area contributed by atoms with Crippen molar-refractivity contribution < 1.29 is 9.47 Å². The van der Waals surface area contributed by atoms with E-state index in [1.165, 1.54) is 5.56 Å². The van der Waals surface area contributed by atoms with Gasteiger partial charge in [-0.25, -0.2) is 5.43 Å². The molecular formula is C17H20N2O2. The van der Waals surface area contributed by atoms with Crippen molar-refractivity contribution in [2.45, 2.75) is 25.5 Å². The molecule has 21 heavy (non-hydrogen) atoms. The Morgan fingerprint density at radius 3 is 2.52 bits per heavy atom. The van der Waals surface area contributed by atoms with Gasteiger partial charge >= 0.3 is 0 Å². The molecule has 0 saturated carbocycles. The number of nitrogens with one attached hydrogen (secondary N) is 1. The molecule has 1 heterocycles. The summed E-state index contributed by atoms with van der Waals surface area (Å²) in [5, 5.41) is 0. The minimum atomic E-state index is -0.155. The quantitative estimate of drug-likeness (QED) is 0.669. The van der Waals surface area contributed by atoms with Crippen molar-refractivity contribution in [3.05, 3.63) is 59.7 Å². The number of hydrazine groups is 1. The summed E-state index contributed by atoms with van der Waals surface area (Å²) in [6.07, 6.45) is 0.870. The Kier molecular flexibility index (Phi) is 4.08. The van der Waals surface area contributed by atoms with E-state index in [-0.39, 0.29) is 12.1 Å². The van der Waals surface area contributed by atoms with Crippen LogP contribution in [0.4, 0.5) is 0 Å². The second-order valence-electron chi connectivity index (χ2n) is 5.15. The Morgan fingerprint density at radius 2 is 1.86 bits per heavy atom. The highest BCUT2D eigenvalue weighted by atomic mass is 16.6. The van der Waals surface area contributed by atoms with Gasteiger partial charge < -0.3 is 9.47 Å². The SMILES string of the molecule is CCc1ccc(C(NN)C2COc3ccccc3O2)cc1. The van der Waals surface area contributed by atoms with Gasteiger partial charge in [-0.15, -0.1) is 0 Å². The highest BCUT2D eigenvalue weighted by Gasteiger charge is 2.29. The maximum atomic E-state index is 6.03. The van der Waals surface area contributed by atoms with Crippen LogP contribution in [0.3, 0.4) is 0 Å². The molecule has 0 aromatic heterocycles. The zero-order valence-electron chi connectivity index (χ0n) is 12.1. The molecule has 2 unspecified atom stereocenters. The van der Waals surface area contributed by atoms with E-state index in [1.807, 2.05) is 24.3 Å². The van der Waals surface area contributed by atoms with Crippen LogP contribution >= 0.6 is 0 Å². The number of para-hydroxylation sites is 2. The molecule has 0 spiro atoms. The second-order valence-corrected chi connectivity index (χ2v) is 5.15. The van der Waals surface area contributed by atoms with Gasteiger partial charge in [0, 0.05) is 0 Å². The molecule has 2 aromatic rings. The van der Waals surface area contributed by atoms with Crippen molar-refractivity contribution in [2.24, 2.45) is 5.84 Å². The van der Waals surface area contributed by atoms with Crippen molar-refractivity contribution in [2.75, 3.05) is 6.61 Å². The number of benzene rings is 2. The van der Waals surface area contributed by atoms with Gasteiger partial charge in [-0.3, -0.25) is 5.84 Å². The Balaban J connectivity index is 1.80. The van der Waals surface area contributed by atoms with Crippen molar-refractivity contribution in [3.8, 4) is 11.5 Å². The fourth-order valence-electron chi connectivity index (χ4n) is 2.58. The Morgan fingerprint density at radius 1 is 1.14 bits per heavy atom. The summed E-state index contributed by atoms with van der Waals surface area (Å²) in [6.45, 7) is 2.62. The molecule has 0 bridgehead atoms. The fourth-order valence-corrected chi connectivity index (χ4v) is 2.58. The molecule has 0 radical (unpaired) electrons. The topological polar surface area (TPSA) is 56.5 Å². The van der Waals surface area contributed by atoms with Crippen molar-refractivity contribution in [3.63, 3.8) is 0 Å². The van der Waals surface area contributed by atoms with E-state index < -0.39 is 0 Å². The van der Waals surface area contributed by atoms with Crippen LogP contribution in [0.2, 0.25) is 0 Å². The van der Waals surface area contributed by atoms with Gasteiger partial charge in [0.05, 0.1) is 6.04 Å². The number of hydrogen-bond donors (Lipinski definition) is 2. The summed E-state index contributed by atoms with van der Waals surface area (Å²) in [7, 11) is 0. The molecule has 2 aromatic carbocycles. The highest BCUT2D eigenvalue weighted by Crippen LogP contribution is 2.34. The standard InChI is InChI=1S/C17H20N2O2/c1-2-12-7-9-13(10-8-12)17(19-18)16-11-20-14-5-3-4-6-15(14)21-16/h3-10,16-17,19H,2,11,18H2,1H3. The summed E-state index contributed by atoms with van der Waals surface area (Å²) in [5.41, 5.74) is 5.26. The Hall–Kier alpha value is -2.04. The Labute approximate surface area is 124 Å². The van der Waals surface area contributed by atoms with E-state index in [9.17, 15) is 0 Å². The molecule has 0 amide bonds. The maximum Gasteiger partial charge on any atom is 0.161 e. The van der Waals surface area contributed by atoms with Crippen LogP contribution < -0.4 is 20.7 Å². The molecule has 1 aliphatic heterocycles. The van der Waals surface area contributed by atoms with Gasteiger partial charge in [-0.1, -0.05) is 43.3 Å². The van der Waals surface area contributed by atoms with Crippen LogP contribution in [0.5, 0.6) is 11.5 Å². The zero-order chi connectivity index (χ0) is 14.7. The molecule has 0 fully saturated rings. The van der Waals surface area contributed by atoms with E-state index in [2.05, 4.69) is 36.6 Å². The summed E-state index contributed by atoms with van der Waals surface area (Å²) >= 11 is 0. The molecule has 4 nitrogen and oxygen atoms in total. The number of ether oxygens (including phenoxy) is 2. The molecule has 1 aliphatic rings. The molecule has 0 saturated heterocycles. The number of hydrogen-bond acceptors (Lipinski definition) is 4. The minimum Gasteiger partial charge on any atom is -0.486 e. The van der Waals surface area contributed by atoms with Gasteiger partial charge in [0.25, 0.3) is 0 Å². The summed E-state index contributed by atoms with van der Waals surface area (Å²) in [4.78, 5) is 0. The third-order valence-corrected chi connectivity index (χ3v) is 3.83. The smallest absolute Gasteiger partial charge is 0.161 e. The van der Waals surface area contributed by atoms with E-state index in [4.69, 9.17) is 15.3 Å². The first-order valence-electron chi connectivity index (χ1n) is 7.25. The average molecular weight is 284 g/mol. The molecule has 0 aliphatic carbocycles. The van der Waals surface area contributed by atoms with E-state index in [0.717, 1.165) is 23.5 Å². The van der Waals surface area contributed by atoms with Crippen LogP contribution in [0.1, 0.15) is 24.1 Å². The minimum absolute atomic E-state index is 0.107. The lowest BCUT2D eigenvalue weighted by Crippen LogP contribution is -2.44. The first kappa shape index (κ1) is 13.9. The molecule has 110 valence electrons. The van der Waals surface area contributed by atoms with Crippen LogP contribution in [0.25, 0.3) is 0 Å². The first-order valence-corrected chi connectivity index (χ1v) is 7.25.